The first kappa shape index (κ1) is 13.4. The van der Waals surface area contributed by atoms with Crippen LogP contribution in [0.25, 0.3) is 21.7 Å². The van der Waals surface area contributed by atoms with Crippen molar-refractivity contribution in [3.05, 3.63) is 78.5 Å². The molecule has 0 unspecified atom stereocenters. The Hall–Kier alpha value is -2.32. The standard InChI is InChI=1S/C20H15NS/c1-14-13-19(22-16-8-3-2-4-9-16)20-17-10-6-5-7-15(17)11-12-18(20)21-14/h2-13H,1H3. The molecule has 106 valence electrons. The lowest BCUT2D eigenvalue weighted by Crippen LogP contribution is -1.88. The highest BCUT2D eigenvalue weighted by Crippen LogP contribution is 2.37. The van der Waals surface area contributed by atoms with Gasteiger partial charge >= 0.3 is 0 Å². The molecule has 4 rings (SSSR count). The van der Waals surface area contributed by atoms with Crippen molar-refractivity contribution in [1.29, 1.82) is 0 Å². The maximum Gasteiger partial charge on any atom is 0.0723 e. The van der Waals surface area contributed by atoms with Crippen LogP contribution < -0.4 is 0 Å². The van der Waals surface area contributed by atoms with Crippen LogP contribution in [0.4, 0.5) is 0 Å². The van der Waals surface area contributed by atoms with Crippen LogP contribution in [0, 0.1) is 6.92 Å². The summed E-state index contributed by atoms with van der Waals surface area (Å²) in [5.74, 6) is 0. The van der Waals surface area contributed by atoms with Gasteiger partial charge in [-0.25, -0.2) is 0 Å². The van der Waals surface area contributed by atoms with E-state index in [0.717, 1.165) is 11.2 Å². The van der Waals surface area contributed by atoms with Crippen molar-refractivity contribution in [2.75, 3.05) is 0 Å². The molecule has 1 aromatic heterocycles. The number of benzene rings is 3. The topological polar surface area (TPSA) is 12.9 Å². The number of rotatable bonds is 2. The Morgan fingerprint density at radius 1 is 0.818 bits per heavy atom. The van der Waals surface area contributed by atoms with Crippen molar-refractivity contribution in [2.45, 2.75) is 16.7 Å². The third kappa shape index (κ3) is 2.36. The van der Waals surface area contributed by atoms with E-state index in [1.807, 2.05) is 0 Å². The van der Waals surface area contributed by atoms with Crippen molar-refractivity contribution in [2.24, 2.45) is 0 Å². The van der Waals surface area contributed by atoms with Gasteiger partial charge in [-0.05, 0) is 42.0 Å². The molecular formula is C20H15NS. The molecule has 0 N–H and O–H groups in total. The minimum absolute atomic E-state index is 1.06. The zero-order chi connectivity index (χ0) is 14.9. The van der Waals surface area contributed by atoms with Crippen molar-refractivity contribution >= 4 is 33.4 Å². The average Bonchev–Trinajstić information content (AvgIpc) is 2.55. The molecule has 0 saturated heterocycles. The summed E-state index contributed by atoms with van der Waals surface area (Å²) in [7, 11) is 0. The monoisotopic (exact) mass is 301 g/mol. The van der Waals surface area contributed by atoms with Crippen LogP contribution in [0.2, 0.25) is 0 Å². The Morgan fingerprint density at radius 3 is 2.45 bits per heavy atom. The maximum absolute atomic E-state index is 4.71. The number of aromatic nitrogens is 1. The molecule has 0 aliphatic heterocycles. The summed E-state index contributed by atoms with van der Waals surface area (Å²) in [5, 5.41) is 3.78. The average molecular weight is 301 g/mol. The van der Waals surface area contributed by atoms with Gasteiger partial charge in [0.1, 0.15) is 0 Å². The Labute approximate surface area is 134 Å². The SMILES string of the molecule is Cc1cc(Sc2ccccc2)c2c(ccc3ccccc32)n1. The van der Waals surface area contributed by atoms with Crippen molar-refractivity contribution in [1.82, 2.24) is 4.98 Å². The Balaban J connectivity index is 2.01. The predicted octanol–water partition coefficient (Wildman–Crippen LogP) is 5.85. The second-order valence-electron chi connectivity index (χ2n) is 5.36. The van der Waals surface area contributed by atoms with E-state index in [4.69, 9.17) is 4.98 Å². The second kappa shape index (κ2) is 5.47. The Kier molecular flexibility index (Phi) is 3.32. The first-order chi connectivity index (χ1) is 10.8. The van der Waals surface area contributed by atoms with Gasteiger partial charge in [0, 0.05) is 20.9 Å². The third-order valence-electron chi connectivity index (χ3n) is 3.76. The van der Waals surface area contributed by atoms with Gasteiger partial charge in [0.25, 0.3) is 0 Å². The van der Waals surface area contributed by atoms with Gasteiger partial charge in [0.2, 0.25) is 0 Å². The molecular weight excluding hydrogens is 286 g/mol. The minimum Gasteiger partial charge on any atom is -0.253 e. The largest absolute Gasteiger partial charge is 0.253 e. The molecule has 0 fully saturated rings. The van der Waals surface area contributed by atoms with Gasteiger partial charge in [0.15, 0.2) is 0 Å². The lowest BCUT2D eigenvalue weighted by Gasteiger charge is -2.10. The molecule has 0 atom stereocenters. The van der Waals surface area contributed by atoms with Crippen LogP contribution in [-0.4, -0.2) is 4.98 Å². The molecule has 0 amide bonds. The molecule has 2 heteroatoms. The van der Waals surface area contributed by atoms with Gasteiger partial charge in [-0.2, -0.15) is 0 Å². The molecule has 1 heterocycles. The molecule has 3 aromatic carbocycles. The van der Waals surface area contributed by atoms with Gasteiger partial charge in [-0.15, -0.1) is 0 Å². The van der Waals surface area contributed by atoms with Crippen LogP contribution in [0.1, 0.15) is 5.69 Å². The van der Waals surface area contributed by atoms with E-state index >= 15 is 0 Å². The van der Waals surface area contributed by atoms with Gasteiger partial charge < -0.3 is 0 Å². The van der Waals surface area contributed by atoms with E-state index in [9.17, 15) is 0 Å². The fourth-order valence-electron chi connectivity index (χ4n) is 2.79. The predicted molar refractivity (Wildman–Crippen MR) is 94.6 cm³/mol. The van der Waals surface area contributed by atoms with Crippen LogP contribution in [0.15, 0.2) is 82.6 Å². The van der Waals surface area contributed by atoms with Crippen LogP contribution in [0.5, 0.6) is 0 Å². The van der Waals surface area contributed by atoms with Crippen molar-refractivity contribution in [3.8, 4) is 0 Å². The highest BCUT2D eigenvalue weighted by Gasteiger charge is 2.09. The van der Waals surface area contributed by atoms with Crippen LogP contribution >= 0.6 is 11.8 Å². The van der Waals surface area contributed by atoms with E-state index in [0.29, 0.717) is 0 Å². The number of hydrogen-bond donors (Lipinski definition) is 0. The zero-order valence-corrected chi connectivity index (χ0v) is 13.1. The maximum atomic E-state index is 4.71. The molecule has 1 nitrogen and oxygen atoms in total. The summed E-state index contributed by atoms with van der Waals surface area (Å²) in [4.78, 5) is 7.24. The lowest BCUT2D eigenvalue weighted by molar-refractivity contribution is 1.22. The first-order valence-corrected chi connectivity index (χ1v) is 8.15. The lowest BCUT2D eigenvalue weighted by atomic mass is 10.0. The fraction of sp³-hybridized carbons (Fsp3) is 0.0500. The summed E-state index contributed by atoms with van der Waals surface area (Å²) in [6.07, 6.45) is 0. The summed E-state index contributed by atoms with van der Waals surface area (Å²) in [6, 6.07) is 25.5. The Morgan fingerprint density at radius 2 is 1.59 bits per heavy atom. The van der Waals surface area contributed by atoms with E-state index in [1.54, 1.807) is 11.8 Å². The summed E-state index contributed by atoms with van der Waals surface area (Å²) < 4.78 is 0. The van der Waals surface area contributed by atoms with E-state index in [2.05, 4.69) is 79.7 Å². The molecule has 0 aliphatic carbocycles. The third-order valence-corrected chi connectivity index (χ3v) is 4.81. The molecule has 22 heavy (non-hydrogen) atoms. The molecule has 0 radical (unpaired) electrons. The molecule has 0 spiro atoms. The molecule has 0 saturated carbocycles. The molecule has 4 aromatic rings. The summed E-state index contributed by atoms with van der Waals surface area (Å²) >= 11 is 1.81. The number of pyridine rings is 1. The van der Waals surface area contributed by atoms with Gasteiger partial charge in [-0.3, -0.25) is 4.98 Å². The molecule has 0 bridgehead atoms. The second-order valence-corrected chi connectivity index (χ2v) is 6.47. The quantitative estimate of drug-likeness (QED) is 0.431. The smallest absolute Gasteiger partial charge is 0.0723 e. The van der Waals surface area contributed by atoms with Gasteiger partial charge in [-0.1, -0.05) is 60.3 Å². The van der Waals surface area contributed by atoms with E-state index < -0.39 is 0 Å². The van der Waals surface area contributed by atoms with Crippen molar-refractivity contribution < 1.29 is 0 Å². The fourth-order valence-corrected chi connectivity index (χ4v) is 3.89. The number of aryl methyl sites for hydroxylation is 1. The van der Waals surface area contributed by atoms with E-state index in [-0.39, 0.29) is 0 Å². The number of fused-ring (bicyclic) bond motifs is 3. The summed E-state index contributed by atoms with van der Waals surface area (Å²) in [5.41, 5.74) is 2.12. The van der Waals surface area contributed by atoms with E-state index in [1.165, 1.54) is 25.9 Å². The highest BCUT2D eigenvalue weighted by molar-refractivity contribution is 7.99. The number of nitrogens with zero attached hydrogens (tertiary/aromatic N) is 1. The van der Waals surface area contributed by atoms with Crippen LogP contribution in [-0.2, 0) is 0 Å². The van der Waals surface area contributed by atoms with Crippen LogP contribution in [0.3, 0.4) is 0 Å². The molecule has 0 aliphatic rings. The van der Waals surface area contributed by atoms with Gasteiger partial charge in [0.05, 0.1) is 5.52 Å². The summed E-state index contributed by atoms with van der Waals surface area (Å²) in [6.45, 7) is 2.06. The minimum atomic E-state index is 1.06. The number of hydrogen-bond acceptors (Lipinski definition) is 2. The first-order valence-electron chi connectivity index (χ1n) is 7.33. The Bertz CT molecular complexity index is 961. The normalized spacial score (nSPS) is 11.1. The zero-order valence-electron chi connectivity index (χ0n) is 12.3. The van der Waals surface area contributed by atoms with Crippen molar-refractivity contribution in [3.63, 3.8) is 0 Å². The highest BCUT2D eigenvalue weighted by atomic mass is 32.2.